The van der Waals surface area contributed by atoms with Crippen LogP contribution in [0.3, 0.4) is 0 Å². The Morgan fingerprint density at radius 2 is 1.49 bits per heavy atom. The van der Waals surface area contributed by atoms with E-state index in [4.69, 9.17) is 0 Å². The minimum absolute atomic E-state index is 0.191. The fourth-order valence-electron chi connectivity index (χ4n) is 7.14. The van der Waals surface area contributed by atoms with Crippen LogP contribution >= 0.6 is 11.8 Å². The SMILES string of the molecule is O=C(c1ccc2c(c1)Sc1ccccc1N2C1CC2CCC(C1)N2CCc1ccccc1)N1CCCC1. The topological polar surface area (TPSA) is 26.8 Å². The number of carbonyl (C=O) groups is 1. The standard InChI is InChI=1S/C32H35N3OS/c36-32(33-17-6-7-18-33)24-12-15-29-31(20-24)37-30-11-5-4-10-28(30)35(29)27-21-25-13-14-26(22-27)34(25)19-16-23-8-2-1-3-9-23/h1-5,8-12,15,20,25-27H,6-7,13-14,16-19,21-22H2. The summed E-state index contributed by atoms with van der Waals surface area (Å²) in [5, 5.41) is 0. The Labute approximate surface area is 224 Å². The zero-order valence-electron chi connectivity index (χ0n) is 21.4. The Bertz CT molecular complexity index is 1270. The van der Waals surface area contributed by atoms with Crippen molar-refractivity contribution in [3.63, 3.8) is 0 Å². The summed E-state index contributed by atoms with van der Waals surface area (Å²) in [5.41, 5.74) is 4.90. The van der Waals surface area contributed by atoms with Crippen molar-refractivity contribution >= 4 is 29.0 Å². The molecule has 4 aliphatic heterocycles. The van der Waals surface area contributed by atoms with Gasteiger partial charge in [-0.05, 0) is 80.8 Å². The molecule has 2 unspecified atom stereocenters. The molecule has 4 heterocycles. The number of anilines is 2. The van der Waals surface area contributed by atoms with E-state index in [1.165, 1.54) is 52.4 Å². The predicted octanol–water partition coefficient (Wildman–Crippen LogP) is 6.76. The van der Waals surface area contributed by atoms with Crippen molar-refractivity contribution in [3.8, 4) is 0 Å². The first-order chi connectivity index (χ1) is 18.2. The highest BCUT2D eigenvalue weighted by molar-refractivity contribution is 7.99. The van der Waals surface area contributed by atoms with Gasteiger partial charge in [0.05, 0.1) is 11.4 Å². The van der Waals surface area contributed by atoms with Crippen molar-refractivity contribution in [1.82, 2.24) is 9.80 Å². The van der Waals surface area contributed by atoms with E-state index >= 15 is 0 Å². The summed E-state index contributed by atoms with van der Waals surface area (Å²) in [5.74, 6) is 0.191. The highest BCUT2D eigenvalue weighted by Gasteiger charge is 2.43. The number of hydrogen-bond donors (Lipinski definition) is 0. The van der Waals surface area contributed by atoms with Crippen LogP contribution in [0.2, 0.25) is 0 Å². The molecule has 3 aromatic rings. The quantitative estimate of drug-likeness (QED) is 0.380. The first kappa shape index (κ1) is 23.4. The first-order valence-electron chi connectivity index (χ1n) is 14.0. The zero-order valence-corrected chi connectivity index (χ0v) is 22.2. The molecule has 5 heteroatoms. The maximum Gasteiger partial charge on any atom is 0.253 e. The lowest BCUT2D eigenvalue weighted by molar-refractivity contribution is 0.0792. The number of hydrogen-bond acceptors (Lipinski definition) is 4. The molecule has 37 heavy (non-hydrogen) atoms. The summed E-state index contributed by atoms with van der Waals surface area (Å²) < 4.78 is 0. The molecule has 4 aliphatic rings. The molecule has 3 aromatic carbocycles. The van der Waals surface area contributed by atoms with E-state index in [-0.39, 0.29) is 5.91 Å². The molecule has 1 amide bonds. The van der Waals surface area contributed by atoms with Crippen LogP contribution in [0.1, 0.15) is 54.4 Å². The summed E-state index contributed by atoms with van der Waals surface area (Å²) in [4.78, 5) is 23.1. The number of amides is 1. The molecular weight excluding hydrogens is 474 g/mol. The van der Waals surface area contributed by atoms with Gasteiger partial charge in [-0.25, -0.2) is 0 Å². The van der Waals surface area contributed by atoms with Gasteiger partial charge in [0, 0.05) is 53.1 Å². The maximum atomic E-state index is 13.2. The van der Waals surface area contributed by atoms with Crippen molar-refractivity contribution in [2.45, 2.75) is 72.9 Å². The third kappa shape index (κ3) is 4.36. The monoisotopic (exact) mass is 509 g/mol. The van der Waals surface area contributed by atoms with E-state index in [0.29, 0.717) is 18.1 Å². The van der Waals surface area contributed by atoms with Crippen LogP contribution in [0.4, 0.5) is 11.4 Å². The van der Waals surface area contributed by atoms with Crippen LogP contribution in [-0.4, -0.2) is 53.5 Å². The minimum Gasteiger partial charge on any atom is -0.339 e. The van der Waals surface area contributed by atoms with Crippen LogP contribution in [0.25, 0.3) is 0 Å². The minimum atomic E-state index is 0.191. The van der Waals surface area contributed by atoms with E-state index < -0.39 is 0 Å². The van der Waals surface area contributed by atoms with Crippen LogP contribution in [0.5, 0.6) is 0 Å². The average Bonchev–Trinajstić information content (AvgIpc) is 3.56. The van der Waals surface area contributed by atoms with Gasteiger partial charge in [-0.1, -0.05) is 54.2 Å². The lowest BCUT2D eigenvalue weighted by Gasteiger charge is -2.46. The van der Waals surface area contributed by atoms with Gasteiger partial charge in [0.1, 0.15) is 0 Å². The third-order valence-corrected chi connectivity index (χ3v) is 10.0. The van der Waals surface area contributed by atoms with Crippen molar-refractivity contribution in [2.75, 3.05) is 24.5 Å². The number of fused-ring (bicyclic) bond motifs is 4. The zero-order chi connectivity index (χ0) is 24.8. The lowest BCUT2D eigenvalue weighted by Crippen LogP contribution is -2.50. The molecule has 0 aliphatic carbocycles. The van der Waals surface area contributed by atoms with Gasteiger partial charge in [0.2, 0.25) is 0 Å². The Hall–Kier alpha value is -2.76. The number of piperidine rings is 1. The van der Waals surface area contributed by atoms with Gasteiger partial charge >= 0.3 is 0 Å². The highest BCUT2D eigenvalue weighted by atomic mass is 32.2. The summed E-state index contributed by atoms with van der Waals surface area (Å²) in [6, 6.07) is 28.1. The van der Waals surface area contributed by atoms with Crippen molar-refractivity contribution in [3.05, 3.63) is 83.9 Å². The van der Waals surface area contributed by atoms with E-state index in [2.05, 4.69) is 82.6 Å². The molecule has 2 bridgehead atoms. The summed E-state index contributed by atoms with van der Waals surface area (Å²) in [6.07, 6.45) is 8.43. The number of para-hydroxylation sites is 1. The second-order valence-corrected chi connectivity index (χ2v) is 12.2. The number of likely N-dealkylation sites (tertiary alicyclic amines) is 1. The molecule has 2 atom stereocenters. The molecule has 3 saturated heterocycles. The summed E-state index contributed by atoms with van der Waals surface area (Å²) in [6.45, 7) is 2.95. The smallest absolute Gasteiger partial charge is 0.253 e. The molecular formula is C32H35N3OS. The van der Waals surface area contributed by atoms with Crippen molar-refractivity contribution in [2.24, 2.45) is 0 Å². The van der Waals surface area contributed by atoms with Gasteiger partial charge in [0.25, 0.3) is 5.91 Å². The van der Waals surface area contributed by atoms with Gasteiger partial charge < -0.3 is 9.80 Å². The second-order valence-electron chi connectivity index (χ2n) is 11.1. The number of rotatable bonds is 5. The number of benzene rings is 3. The molecule has 0 spiro atoms. The maximum absolute atomic E-state index is 13.2. The molecule has 0 saturated carbocycles. The summed E-state index contributed by atoms with van der Waals surface area (Å²) >= 11 is 1.83. The highest BCUT2D eigenvalue weighted by Crippen LogP contribution is 2.52. The Kier molecular flexibility index (Phi) is 6.22. The van der Waals surface area contributed by atoms with Gasteiger partial charge in [-0.3, -0.25) is 9.69 Å². The second kappa shape index (κ2) is 9.85. The van der Waals surface area contributed by atoms with E-state index in [1.54, 1.807) is 0 Å². The predicted molar refractivity (Wildman–Crippen MR) is 151 cm³/mol. The Morgan fingerprint density at radius 3 is 2.27 bits per heavy atom. The average molecular weight is 510 g/mol. The molecule has 3 fully saturated rings. The number of carbonyl (C=O) groups excluding carboxylic acids is 1. The van der Waals surface area contributed by atoms with E-state index in [0.717, 1.165) is 44.5 Å². The van der Waals surface area contributed by atoms with Crippen LogP contribution in [-0.2, 0) is 6.42 Å². The molecule has 7 rings (SSSR count). The van der Waals surface area contributed by atoms with Crippen molar-refractivity contribution < 1.29 is 4.79 Å². The normalized spacial score (nSPS) is 24.7. The third-order valence-electron chi connectivity index (χ3n) is 8.93. The van der Waals surface area contributed by atoms with E-state index in [1.807, 2.05) is 16.7 Å². The largest absolute Gasteiger partial charge is 0.339 e. The van der Waals surface area contributed by atoms with Gasteiger partial charge in [0.15, 0.2) is 0 Å². The van der Waals surface area contributed by atoms with Crippen molar-refractivity contribution in [1.29, 1.82) is 0 Å². The summed E-state index contributed by atoms with van der Waals surface area (Å²) in [7, 11) is 0. The van der Waals surface area contributed by atoms with Crippen LogP contribution < -0.4 is 4.90 Å². The molecule has 190 valence electrons. The first-order valence-corrected chi connectivity index (χ1v) is 14.9. The number of nitrogens with zero attached hydrogens (tertiary/aromatic N) is 3. The Morgan fingerprint density at radius 1 is 0.784 bits per heavy atom. The molecule has 0 aromatic heterocycles. The van der Waals surface area contributed by atoms with Crippen LogP contribution in [0, 0.1) is 0 Å². The fraction of sp³-hybridized carbons (Fsp3) is 0.406. The molecule has 0 N–H and O–H groups in total. The van der Waals surface area contributed by atoms with Gasteiger partial charge in [-0.15, -0.1) is 0 Å². The van der Waals surface area contributed by atoms with Gasteiger partial charge in [-0.2, -0.15) is 0 Å². The van der Waals surface area contributed by atoms with E-state index in [9.17, 15) is 4.79 Å². The molecule has 0 radical (unpaired) electrons. The molecule has 4 nitrogen and oxygen atoms in total. The van der Waals surface area contributed by atoms with Crippen LogP contribution in [0.15, 0.2) is 82.6 Å². The lowest BCUT2D eigenvalue weighted by atomic mass is 9.94. The Balaban J connectivity index is 1.15. The fourth-order valence-corrected chi connectivity index (χ4v) is 8.25.